The van der Waals surface area contributed by atoms with Crippen molar-refractivity contribution in [2.24, 2.45) is 0 Å². The van der Waals surface area contributed by atoms with Gasteiger partial charge in [-0.05, 0) is 40.0 Å². The van der Waals surface area contributed by atoms with Gasteiger partial charge in [-0.1, -0.05) is 6.07 Å². The van der Waals surface area contributed by atoms with E-state index in [0.717, 1.165) is 28.8 Å². The van der Waals surface area contributed by atoms with Gasteiger partial charge in [0.05, 0.1) is 19.8 Å². The first kappa shape index (κ1) is 15.4. The summed E-state index contributed by atoms with van der Waals surface area (Å²) in [4.78, 5) is 0. The van der Waals surface area contributed by atoms with E-state index in [1.807, 2.05) is 18.2 Å². The molecule has 0 fully saturated rings. The van der Waals surface area contributed by atoms with Crippen molar-refractivity contribution < 1.29 is 14.2 Å². The second-order valence-corrected chi connectivity index (χ2v) is 4.72. The van der Waals surface area contributed by atoms with Crippen LogP contribution in [0.15, 0.2) is 22.7 Å². The Hall–Kier alpha value is -0.620. The molecule has 0 aliphatic heterocycles. The maximum atomic E-state index is 5.78. The SMILES string of the molecule is COCCCOCCOCc1ccc(Br)c(N)c1. The van der Waals surface area contributed by atoms with E-state index in [1.165, 1.54) is 0 Å². The van der Waals surface area contributed by atoms with Gasteiger partial charge in [-0.25, -0.2) is 0 Å². The molecule has 0 aromatic heterocycles. The Morgan fingerprint density at radius 2 is 1.89 bits per heavy atom. The quantitative estimate of drug-likeness (QED) is 0.562. The lowest BCUT2D eigenvalue weighted by Crippen LogP contribution is -2.06. The number of hydrogen-bond donors (Lipinski definition) is 1. The van der Waals surface area contributed by atoms with Crippen LogP contribution in [-0.4, -0.2) is 33.5 Å². The Morgan fingerprint density at radius 1 is 1.11 bits per heavy atom. The molecule has 0 saturated heterocycles. The monoisotopic (exact) mass is 317 g/mol. The number of halogens is 1. The van der Waals surface area contributed by atoms with Crippen molar-refractivity contribution in [3.63, 3.8) is 0 Å². The molecular weight excluding hydrogens is 298 g/mol. The smallest absolute Gasteiger partial charge is 0.0718 e. The summed E-state index contributed by atoms with van der Waals surface area (Å²) in [6.45, 7) is 3.19. The first-order chi connectivity index (χ1) is 8.74. The fourth-order valence-corrected chi connectivity index (χ4v) is 1.64. The number of hydrogen-bond acceptors (Lipinski definition) is 4. The van der Waals surface area contributed by atoms with E-state index in [4.69, 9.17) is 19.9 Å². The van der Waals surface area contributed by atoms with Gasteiger partial charge in [0.15, 0.2) is 0 Å². The summed E-state index contributed by atoms with van der Waals surface area (Å²) in [5.41, 5.74) is 7.57. The van der Waals surface area contributed by atoms with Gasteiger partial charge in [-0.3, -0.25) is 0 Å². The standard InChI is InChI=1S/C13H20BrNO3/c1-16-5-2-6-17-7-8-18-10-11-3-4-12(14)13(15)9-11/h3-4,9H,2,5-8,10,15H2,1H3. The van der Waals surface area contributed by atoms with Gasteiger partial charge in [0.25, 0.3) is 0 Å². The highest BCUT2D eigenvalue weighted by Crippen LogP contribution is 2.20. The van der Waals surface area contributed by atoms with E-state index in [-0.39, 0.29) is 0 Å². The second kappa shape index (κ2) is 9.33. The molecule has 2 N–H and O–H groups in total. The molecule has 0 heterocycles. The van der Waals surface area contributed by atoms with E-state index in [9.17, 15) is 0 Å². The molecule has 1 aromatic carbocycles. The third-order valence-electron chi connectivity index (χ3n) is 2.34. The number of benzene rings is 1. The largest absolute Gasteiger partial charge is 0.398 e. The molecule has 18 heavy (non-hydrogen) atoms. The summed E-state index contributed by atoms with van der Waals surface area (Å²) in [7, 11) is 1.69. The minimum atomic E-state index is 0.554. The van der Waals surface area contributed by atoms with Crippen LogP contribution in [0.1, 0.15) is 12.0 Å². The molecule has 1 rings (SSSR count). The first-order valence-electron chi connectivity index (χ1n) is 5.92. The molecule has 0 unspecified atom stereocenters. The average molecular weight is 318 g/mol. The Bertz CT molecular complexity index is 347. The molecule has 0 atom stereocenters. The zero-order chi connectivity index (χ0) is 13.2. The number of nitrogen functional groups attached to an aromatic ring is 1. The topological polar surface area (TPSA) is 53.7 Å². The van der Waals surface area contributed by atoms with E-state index < -0.39 is 0 Å². The Labute approximate surface area is 117 Å². The predicted octanol–water partition coefficient (Wildman–Crippen LogP) is 2.60. The normalized spacial score (nSPS) is 10.8. The van der Waals surface area contributed by atoms with Gasteiger partial charge in [0, 0.05) is 30.5 Å². The average Bonchev–Trinajstić information content (AvgIpc) is 2.37. The van der Waals surface area contributed by atoms with Crippen molar-refractivity contribution in [2.75, 3.05) is 39.3 Å². The maximum Gasteiger partial charge on any atom is 0.0718 e. The minimum Gasteiger partial charge on any atom is -0.398 e. The molecule has 0 spiro atoms. The number of ether oxygens (including phenoxy) is 3. The molecule has 0 saturated carbocycles. The summed E-state index contributed by atoms with van der Waals surface area (Å²) in [6, 6.07) is 5.82. The predicted molar refractivity (Wildman–Crippen MR) is 75.5 cm³/mol. The van der Waals surface area contributed by atoms with Crippen LogP contribution >= 0.6 is 15.9 Å². The van der Waals surface area contributed by atoms with E-state index in [2.05, 4.69) is 15.9 Å². The fourth-order valence-electron chi connectivity index (χ4n) is 1.40. The number of anilines is 1. The van der Waals surface area contributed by atoms with Crippen molar-refractivity contribution in [2.45, 2.75) is 13.0 Å². The summed E-state index contributed by atoms with van der Waals surface area (Å²) in [5.74, 6) is 0. The molecule has 0 bridgehead atoms. The van der Waals surface area contributed by atoms with Crippen molar-refractivity contribution >= 4 is 21.6 Å². The molecule has 0 aliphatic rings. The van der Waals surface area contributed by atoms with Gasteiger partial charge in [-0.2, -0.15) is 0 Å². The van der Waals surface area contributed by atoms with E-state index in [1.54, 1.807) is 7.11 Å². The van der Waals surface area contributed by atoms with Crippen LogP contribution in [0.4, 0.5) is 5.69 Å². The Balaban J connectivity index is 2.05. The summed E-state index contributed by atoms with van der Waals surface area (Å²) in [5, 5.41) is 0. The Morgan fingerprint density at radius 3 is 2.61 bits per heavy atom. The first-order valence-corrected chi connectivity index (χ1v) is 6.71. The van der Waals surface area contributed by atoms with Gasteiger partial charge >= 0.3 is 0 Å². The molecule has 5 heteroatoms. The molecule has 4 nitrogen and oxygen atoms in total. The highest BCUT2D eigenvalue weighted by Gasteiger charge is 1.98. The lowest BCUT2D eigenvalue weighted by atomic mass is 10.2. The number of rotatable bonds is 9. The third kappa shape index (κ3) is 6.35. The zero-order valence-electron chi connectivity index (χ0n) is 10.7. The molecule has 102 valence electrons. The van der Waals surface area contributed by atoms with Crippen LogP contribution < -0.4 is 5.73 Å². The molecule has 0 radical (unpaired) electrons. The molecular formula is C13H20BrNO3. The van der Waals surface area contributed by atoms with E-state index >= 15 is 0 Å². The van der Waals surface area contributed by atoms with Crippen LogP contribution in [0, 0.1) is 0 Å². The molecule has 0 amide bonds. The van der Waals surface area contributed by atoms with Crippen molar-refractivity contribution in [1.82, 2.24) is 0 Å². The van der Waals surface area contributed by atoms with Crippen LogP contribution in [0.2, 0.25) is 0 Å². The Kier molecular flexibility index (Phi) is 8.00. The van der Waals surface area contributed by atoms with Crippen LogP contribution in [-0.2, 0) is 20.8 Å². The molecule has 0 aliphatic carbocycles. The van der Waals surface area contributed by atoms with E-state index in [0.29, 0.717) is 26.4 Å². The third-order valence-corrected chi connectivity index (χ3v) is 3.06. The maximum absolute atomic E-state index is 5.78. The minimum absolute atomic E-state index is 0.554. The van der Waals surface area contributed by atoms with Crippen molar-refractivity contribution in [3.8, 4) is 0 Å². The summed E-state index contributed by atoms with van der Waals surface area (Å²) in [6.07, 6.45) is 0.916. The number of methoxy groups -OCH3 is 1. The summed E-state index contributed by atoms with van der Waals surface area (Å²) >= 11 is 3.36. The summed E-state index contributed by atoms with van der Waals surface area (Å²) < 4.78 is 16.7. The van der Waals surface area contributed by atoms with Gasteiger partial charge in [0.1, 0.15) is 0 Å². The van der Waals surface area contributed by atoms with Crippen molar-refractivity contribution in [3.05, 3.63) is 28.2 Å². The fraction of sp³-hybridized carbons (Fsp3) is 0.538. The second-order valence-electron chi connectivity index (χ2n) is 3.87. The van der Waals surface area contributed by atoms with Crippen molar-refractivity contribution in [1.29, 1.82) is 0 Å². The van der Waals surface area contributed by atoms with Crippen LogP contribution in [0.25, 0.3) is 0 Å². The van der Waals surface area contributed by atoms with Crippen LogP contribution in [0.5, 0.6) is 0 Å². The highest BCUT2D eigenvalue weighted by atomic mass is 79.9. The van der Waals surface area contributed by atoms with Crippen LogP contribution in [0.3, 0.4) is 0 Å². The molecule has 1 aromatic rings. The lowest BCUT2D eigenvalue weighted by molar-refractivity contribution is 0.0337. The lowest BCUT2D eigenvalue weighted by Gasteiger charge is -2.07. The number of nitrogens with two attached hydrogens (primary N) is 1. The highest BCUT2D eigenvalue weighted by molar-refractivity contribution is 9.10. The zero-order valence-corrected chi connectivity index (χ0v) is 12.2. The van der Waals surface area contributed by atoms with Gasteiger partial charge in [-0.15, -0.1) is 0 Å². The van der Waals surface area contributed by atoms with Gasteiger partial charge in [0.2, 0.25) is 0 Å². The van der Waals surface area contributed by atoms with Gasteiger partial charge < -0.3 is 19.9 Å².